The summed E-state index contributed by atoms with van der Waals surface area (Å²) in [6.45, 7) is 4.42. The first-order chi connectivity index (χ1) is 13.2. The van der Waals surface area contributed by atoms with Crippen LogP contribution in [0.1, 0.15) is 29.8 Å². The largest absolute Gasteiger partial charge is 0.484 e. The molecule has 0 bridgehead atoms. The third-order valence-electron chi connectivity index (χ3n) is 3.98. The van der Waals surface area contributed by atoms with Gasteiger partial charge in [-0.2, -0.15) is 13.2 Å². The molecule has 8 heteroatoms. The monoisotopic (exact) mass is 394 g/mol. The summed E-state index contributed by atoms with van der Waals surface area (Å²) >= 11 is 0. The number of benzene rings is 2. The Bertz CT molecular complexity index is 833. The van der Waals surface area contributed by atoms with Crippen LogP contribution in [0, 0.1) is 0 Å². The fraction of sp³-hybridized carbons (Fsp3) is 0.300. The summed E-state index contributed by atoms with van der Waals surface area (Å²) in [5, 5.41) is 2.57. The van der Waals surface area contributed by atoms with Crippen molar-refractivity contribution in [1.82, 2.24) is 4.90 Å². The normalized spacial score (nSPS) is 11.0. The van der Waals surface area contributed by atoms with E-state index < -0.39 is 24.3 Å². The van der Waals surface area contributed by atoms with E-state index in [1.54, 1.807) is 29.2 Å². The number of carbonyl (C=O) groups is 2. The highest BCUT2D eigenvalue weighted by Crippen LogP contribution is 2.31. The molecule has 0 aliphatic rings. The molecular weight excluding hydrogens is 373 g/mol. The summed E-state index contributed by atoms with van der Waals surface area (Å²) in [5.74, 6) is -0.762. The van der Waals surface area contributed by atoms with E-state index in [0.717, 1.165) is 12.1 Å². The lowest BCUT2D eigenvalue weighted by Crippen LogP contribution is -2.30. The maximum absolute atomic E-state index is 12.7. The van der Waals surface area contributed by atoms with Gasteiger partial charge >= 0.3 is 6.18 Å². The number of rotatable bonds is 7. The van der Waals surface area contributed by atoms with Gasteiger partial charge in [-0.15, -0.1) is 0 Å². The van der Waals surface area contributed by atoms with Gasteiger partial charge in [0, 0.05) is 24.3 Å². The predicted molar refractivity (Wildman–Crippen MR) is 99.3 cm³/mol. The summed E-state index contributed by atoms with van der Waals surface area (Å²) in [4.78, 5) is 26.1. The standard InChI is InChI=1S/C20H21F3N2O3/c1-3-25(4-2)19(27)14-7-5-9-16(11-14)24-18(26)13-28-17-10-6-8-15(12-17)20(21,22)23/h5-12H,3-4,13H2,1-2H3,(H,24,26). The van der Waals surface area contributed by atoms with E-state index in [1.807, 2.05) is 13.8 Å². The van der Waals surface area contributed by atoms with Crippen molar-refractivity contribution in [2.24, 2.45) is 0 Å². The third kappa shape index (κ3) is 5.73. The van der Waals surface area contributed by atoms with Crippen LogP contribution in [-0.4, -0.2) is 36.4 Å². The average molecular weight is 394 g/mol. The van der Waals surface area contributed by atoms with Crippen molar-refractivity contribution < 1.29 is 27.5 Å². The van der Waals surface area contributed by atoms with Gasteiger partial charge in [-0.1, -0.05) is 12.1 Å². The highest BCUT2D eigenvalue weighted by molar-refractivity contribution is 5.97. The minimum absolute atomic E-state index is 0.0598. The molecule has 0 aliphatic carbocycles. The Morgan fingerprint density at radius 3 is 2.36 bits per heavy atom. The van der Waals surface area contributed by atoms with Crippen LogP contribution in [-0.2, 0) is 11.0 Å². The quantitative estimate of drug-likeness (QED) is 0.766. The molecule has 0 unspecified atom stereocenters. The molecule has 2 amide bonds. The highest BCUT2D eigenvalue weighted by atomic mass is 19.4. The maximum Gasteiger partial charge on any atom is 0.416 e. The number of ether oxygens (including phenoxy) is 1. The molecule has 2 aromatic carbocycles. The van der Waals surface area contributed by atoms with Gasteiger partial charge in [-0.3, -0.25) is 9.59 Å². The van der Waals surface area contributed by atoms with Gasteiger partial charge in [-0.05, 0) is 50.2 Å². The van der Waals surface area contributed by atoms with Gasteiger partial charge in [0.1, 0.15) is 5.75 Å². The second-order valence-electron chi connectivity index (χ2n) is 5.92. The predicted octanol–water partition coefficient (Wildman–Crippen LogP) is 4.20. The van der Waals surface area contributed by atoms with E-state index in [-0.39, 0.29) is 11.7 Å². The van der Waals surface area contributed by atoms with Gasteiger partial charge in [0.25, 0.3) is 11.8 Å². The van der Waals surface area contributed by atoms with E-state index in [0.29, 0.717) is 24.3 Å². The molecular formula is C20H21F3N2O3. The topological polar surface area (TPSA) is 58.6 Å². The minimum atomic E-state index is -4.49. The van der Waals surface area contributed by atoms with E-state index in [1.165, 1.54) is 12.1 Å². The van der Waals surface area contributed by atoms with Crippen LogP contribution in [0.5, 0.6) is 5.75 Å². The molecule has 0 atom stereocenters. The van der Waals surface area contributed by atoms with Crippen molar-refractivity contribution in [2.45, 2.75) is 20.0 Å². The molecule has 0 heterocycles. The molecule has 2 aromatic rings. The zero-order valence-electron chi connectivity index (χ0n) is 15.5. The number of halogens is 3. The smallest absolute Gasteiger partial charge is 0.416 e. The van der Waals surface area contributed by atoms with E-state index in [2.05, 4.69) is 5.32 Å². The summed E-state index contributed by atoms with van der Waals surface area (Å²) < 4.78 is 43.2. The Balaban J connectivity index is 1.99. The Kier molecular flexibility index (Phi) is 7.03. The fourth-order valence-corrected chi connectivity index (χ4v) is 2.53. The van der Waals surface area contributed by atoms with Crippen molar-refractivity contribution in [3.63, 3.8) is 0 Å². The zero-order valence-corrected chi connectivity index (χ0v) is 15.5. The number of carbonyl (C=O) groups excluding carboxylic acids is 2. The fourth-order valence-electron chi connectivity index (χ4n) is 2.53. The van der Waals surface area contributed by atoms with Gasteiger partial charge < -0.3 is 15.0 Å². The third-order valence-corrected chi connectivity index (χ3v) is 3.98. The molecule has 0 aromatic heterocycles. The van der Waals surface area contributed by atoms with Gasteiger partial charge in [0.2, 0.25) is 0 Å². The number of nitrogens with one attached hydrogen (secondary N) is 1. The number of hydrogen-bond acceptors (Lipinski definition) is 3. The van der Waals surface area contributed by atoms with Crippen LogP contribution >= 0.6 is 0 Å². The molecule has 0 saturated carbocycles. The first-order valence-electron chi connectivity index (χ1n) is 8.73. The number of hydrogen-bond donors (Lipinski definition) is 1. The van der Waals surface area contributed by atoms with Crippen LogP contribution < -0.4 is 10.1 Å². The molecule has 1 N–H and O–H groups in total. The number of alkyl halides is 3. The van der Waals surface area contributed by atoms with Crippen molar-refractivity contribution in [3.8, 4) is 5.75 Å². The average Bonchev–Trinajstić information content (AvgIpc) is 2.67. The first kappa shape index (κ1) is 21.3. The van der Waals surface area contributed by atoms with Gasteiger partial charge in [0.15, 0.2) is 6.61 Å². The van der Waals surface area contributed by atoms with Crippen molar-refractivity contribution in [1.29, 1.82) is 0 Å². The summed E-state index contributed by atoms with van der Waals surface area (Å²) in [7, 11) is 0. The molecule has 150 valence electrons. The summed E-state index contributed by atoms with van der Waals surface area (Å²) in [5.41, 5.74) is -0.0241. The molecule has 2 rings (SSSR count). The highest BCUT2D eigenvalue weighted by Gasteiger charge is 2.30. The number of amides is 2. The second-order valence-corrected chi connectivity index (χ2v) is 5.92. The Labute approximate surface area is 161 Å². The number of nitrogens with zero attached hydrogens (tertiary/aromatic N) is 1. The van der Waals surface area contributed by atoms with Crippen LogP contribution in [0.25, 0.3) is 0 Å². The lowest BCUT2D eigenvalue weighted by Gasteiger charge is -2.19. The molecule has 0 saturated heterocycles. The van der Waals surface area contributed by atoms with Crippen molar-refractivity contribution in [3.05, 3.63) is 59.7 Å². The molecule has 0 spiro atoms. The summed E-state index contributed by atoms with van der Waals surface area (Å²) in [6.07, 6.45) is -4.49. The van der Waals surface area contributed by atoms with Crippen LogP contribution in [0.2, 0.25) is 0 Å². The maximum atomic E-state index is 12.7. The Morgan fingerprint density at radius 2 is 1.71 bits per heavy atom. The second kappa shape index (κ2) is 9.25. The lowest BCUT2D eigenvalue weighted by molar-refractivity contribution is -0.137. The summed E-state index contributed by atoms with van der Waals surface area (Å²) in [6, 6.07) is 10.7. The van der Waals surface area contributed by atoms with Crippen LogP contribution in [0.15, 0.2) is 48.5 Å². The molecule has 0 fully saturated rings. The van der Waals surface area contributed by atoms with E-state index in [4.69, 9.17) is 4.74 Å². The molecule has 0 aliphatic heterocycles. The van der Waals surface area contributed by atoms with E-state index in [9.17, 15) is 22.8 Å². The van der Waals surface area contributed by atoms with Crippen LogP contribution in [0.4, 0.5) is 18.9 Å². The molecule has 0 radical (unpaired) electrons. The Morgan fingerprint density at radius 1 is 1.04 bits per heavy atom. The molecule has 5 nitrogen and oxygen atoms in total. The zero-order chi connectivity index (χ0) is 20.7. The minimum Gasteiger partial charge on any atom is -0.484 e. The van der Waals surface area contributed by atoms with Crippen molar-refractivity contribution in [2.75, 3.05) is 25.0 Å². The van der Waals surface area contributed by atoms with E-state index >= 15 is 0 Å². The number of anilines is 1. The van der Waals surface area contributed by atoms with Crippen molar-refractivity contribution >= 4 is 17.5 Å². The van der Waals surface area contributed by atoms with Crippen LogP contribution in [0.3, 0.4) is 0 Å². The SMILES string of the molecule is CCN(CC)C(=O)c1cccc(NC(=O)COc2cccc(C(F)(F)F)c2)c1. The first-order valence-corrected chi connectivity index (χ1v) is 8.73. The molecule has 28 heavy (non-hydrogen) atoms. The van der Waals surface area contributed by atoms with Gasteiger partial charge in [0.05, 0.1) is 5.56 Å². The van der Waals surface area contributed by atoms with Gasteiger partial charge in [-0.25, -0.2) is 0 Å². The Hall–Kier alpha value is -3.03. The lowest BCUT2D eigenvalue weighted by atomic mass is 10.1.